The van der Waals surface area contributed by atoms with Gasteiger partial charge in [0.2, 0.25) is 0 Å². The average molecular weight is 193 g/mol. The molecule has 0 aromatic carbocycles. The highest BCUT2D eigenvalue weighted by Crippen LogP contribution is 2.47. The van der Waals surface area contributed by atoms with Gasteiger partial charge in [-0.1, -0.05) is 20.3 Å². The van der Waals surface area contributed by atoms with Crippen molar-refractivity contribution in [3.05, 3.63) is 11.8 Å². The van der Waals surface area contributed by atoms with Crippen LogP contribution >= 0.6 is 0 Å². The second kappa shape index (κ2) is 3.60. The van der Waals surface area contributed by atoms with Gasteiger partial charge in [-0.05, 0) is 43.4 Å². The highest BCUT2D eigenvalue weighted by molar-refractivity contribution is 5.23. The molecule has 0 saturated heterocycles. The first kappa shape index (κ1) is 10.1. The van der Waals surface area contributed by atoms with Crippen molar-refractivity contribution >= 4 is 0 Å². The normalized spacial score (nSPS) is 38.4. The molecule has 0 amide bonds. The number of hydrogen-bond donors (Lipinski definition) is 0. The number of rotatable bonds is 2. The van der Waals surface area contributed by atoms with Gasteiger partial charge in [0.25, 0.3) is 0 Å². The second-order valence-electron chi connectivity index (χ2n) is 5.21. The highest BCUT2D eigenvalue weighted by Gasteiger charge is 2.40. The molecule has 1 aliphatic carbocycles. The van der Waals surface area contributed by atoms with E-state index in [0.29, 0.717) is 0 Å². The van der Waals surface area contributed by atoms with Crippen LogP contribution in [0, 0.1) is 17.8 Å². The van der Waals surface area contributed by atoms with E-state index >= 15 is 0 Å². The van der Waals surface area contributed by atoms with Crippen molar-refractivity contribution in [3.8, 4) is 0 Å². The number of nitrogens with zero attached hydrogens (tertiary/aromatic N) is 1. The lowest BCUT2D eigenvalue weighted by Crippen LogP contribution is -2.24. The summed E-state index contributed by atoms with van der Waals surface area (Å²) in [4.78, 5) is 2.41. The van der Waals surface area contributed by atoms with Crippen LogP contribution in [0.4, 0.5) is 0 Å². The molecule has 2 aliphatic rings. The third-order valence-electron chi connectivity index (χ3n) is 4.55. The molecule has 0 aromatic heterocycles. The first-order valence-corrected chi connectivity index (χ1v) is 6.08. The van der Waals surface area contributed by atoms with E-state index in [1.807, 2.05) is 0 Å². The molecule has 1 heteroatoms. The van der Waals surface area contributed by atoms with E-state index in [2.05, 4.69) is 38.9 Å². The maximum atomic E-state index is 2.43. The van der Waals surface area contributed by atoms with Crippen LogP contribution in [0.25, 0.3) is 0 Å². The summed E-state index contributed by atoms with van der Waals surface area (Å²) in [5.41, 5.74) is 1.76. The van der Waals surface area contributed by atoms with Gasteiger partial charge >= 0.3 is 0 Å². The monoisotopic (exact) mass is 193 g/mol. The van der Waals surface area contributed by atoms with Crippen molar-refractivity contribution < 1.29 is 0 Å². The lowest BCUT2D eigenvalue weighted by atomic mass is 9.86. The van der Waals surface area contributed by atoms with E-state index in [4.69, 9.17) is 0 Å². The van der Waals surface area contributed by atoms with Crippen molar-refractivity contribution in [2.24, 2.45) is 17.8 Å². The Kier molecular flexibility index (Phi) is 2.59. The molecule has 0 aromatic rings. The molecule has 0 N–H and O–H groups in total. The van der Waals surface area contributed by atoms with Crippen LogP contribution in [-0.4, -0.2) is 18.0 Å². The van der Waals surface area contributed by atoms with Crippen LogP contribution in [0.1, 0.15) is 40.0 Å². The molecule has 2 rings (SSSR count). The zero-order valence-electron chi connectivity index (χ0n) is 9.96. The summed E-state index contributed by atoms with van der Waals surface area (Å²) in [6, 6.07) is 0.749. The van der Waals surface area contributed by atoms with Gasteiger partial charge in [0, 0.05) is 19.0 Å². The van der Waals surface area contributed by atoms with Crippen LogP contribution in [0.2, 0.25) is 0 Å². The summed E-state index contributed by atoms with van der Waals surface area (Å²) in [5.74, 6) is 2.64. The van der Waals surface area contributed by atoms with Crippen LogP contribution < -0.4 is 0 Å². The fourth-order valence-electron chi connectivity index (χ4n) is 3.21. The Morgan fingerprint density at radius 1 is 1.50 bits per heavy atom. The quantitative estimate of drug-likeness (QED) is 0.650. The van der Waals surface area contributed by atoms with E-state index in [9.17, 15) is 0 Å². The largest absolute Gasteiger partial charge is 0.377 e. The van der Waals surface area contributed by atoms with Gasteiger partial charge in [-0.2, -0.15) is 0 Å². The van der Waals surface area contributed by atoms with Gasteiger partial charge in [-0.15, -0.1) is 0 Å². The minimum atomic E-state index is 0.749. The molecule has 0 bridgehead atoms. The Bertz CT molecular complexity index is 244. The summed E-state index contributed by atoms with van der Waals surface area (Å²) >= 11 is 0. The smallest absolute Gasteiger partial charge is 0.0319 e. The standard InChI is InChI=1S/C13H23N/c1-5-9(2)11-6-7-12-10(3)14(4)8-13(11)12/h8-12H,5-7H2,1-4H3/t9?,10-,11?,12+/m0/s1. The molecular formula is C13H23N. The topological polar surface area (TPSA) is 3.24 Å². The lowest BCUT2D eigenvalue weighted by Gasteiger charge is -2.20. The number of fused-ring (bicyclic) bond motifs is 1. The van der Waals surface area contributed by atoms with E-state index in [0.717, 1.165) is 23.8 Å². The third-order valence-corrected chi connectivity index (χ3v) is 4.55. The molecule has 80 valence electrons. The van der Waals surface area contributed by atoms with Crippen molar-refractivity contribution in [2.45, 2.75) is 46.1 Å². The Hall–Kier alpha value is -0.460. The number of hydrogen-bond acceptors (Lipinski definition) is 1. The zero-order valence-corrected chi connectivity index (χ0v) is 9.96. The Morgan fingerprint density at radius 2 is 2.21 bits per heavy atom. The maximum Gasteiger partial charge on any atom is 0.0319 e. The summed E-state index contributed by atoms with van der Waals surface area (Å²) in [7, 11) is 2.23. The molecule has 1 fully saturated rings. The van der Waals surface area contributed by atoms with Crippen LogP contribution in [0.3, 0.4) is 0 Å². The van der Waals surface area contributed by atoms with Gasteiger partial charge in [0.05, 0.1) is 0 Å². The van der Waals surface area contributed by atoms with E-state index in [-0.39, 0.29) is 0 Å². The molecule has 0 radical (unpaired) electrons. The van der Waals surface area contributed by atoms with Crippen molar-refractivity contribution in [1.82, 2.24) is 4.90 Å². The predicted octanol–water partition coefficient (Wildman–Crippen LogP) is 3.28. The van der Waals surface area contributed by atoms with Crippen LogP contribution in [0.5, 0.6) is 0 Å². The minimum Gasteiger partial charge on any atom is -0.377 e. The van der Waals surface area contributed by atoms with Gasteiger partial charge in [-0.25, -0.2) is 0 Å². The Morgan fingerprint density at radius 3 is 2.86 bits per heavy atom. The molecule has 1 aliphatic heterocycles. The summed E-state index contributed by atoms with van der Waals surface area (Å²) in [6.07, 6.45) is 6.61. The molecular weight excluding hydrogens is 170 g/mol. The summed E-state index contributed by atoms with van der Waals surface area (Å²) in [6.45, 7) is 7.10. The van der Waals surface area contributed by atoms with Gasteiger partial charge in [0.15, 0.2) is 0 Å². The third kappa shape index (κ3) is 1.37. The van der Waals surface area contributed by atoms with Crippen LogP contribution in [0.15, 0.2) is 11.8 Å². The predicted molar refractivity (Wildman–Crippen MR) is 61.0 cm³/mol. The Labute approximate surface area is 88.2 Å². The maximum absolute atomic E-state index is 2.43. The molecule has 1 nitrogen and oxygen atoms in total. The van der Waals surface area contributed by atoms with Crippen LogP contribution in [-0.2, 0) is 0 Å². The zero-order chi connectivity index (χ0) is 10.3. The molecule has 4 atom stereocenters. The Balaban J connectivity index is 2.15. The molecule has 2 unspecified atom stereocenters. The van der Waals surface area contributed by atoms with E-state index in [1.165, 1.54) is 19.3 Å². The lowest BCUT2D eigenvalue weighted by molar-refractivity contribution is 0.315. The van der Waals surface area contributed by atoms with E-state index < -0.39 is 0 Å². The molecule has 14 heavy (non-hydrogen) atoms. The molecule has 1 heterocycles. The first-order valence-electron chi connectivity index (χ1n) is 6.08. The minimum absolute atomic E-state index is 0.749. The van der Waals surface area contributed by atoms with Crippen molar-refractivity contribution in [2.75, 3.05) is 7.05 Å². The van der Waals surface area contributed by atoms with E-state index in [1.54, 1.807) is 5.57 Å². The van der Waals surface area contributed by atoms with Gasteiger partial charge < -0.3 is 4.90 Å². The second-order valence-corrected chi connectivity index (χ2v) is 5.21. The first-order chi connectivity index (χ1) is 6.65. The highest BCUT2D eigenvalue weighted by atomic mass is 15.1. The van der Waals surface area contributed by atoms with Gasteiger partial charge in [0.1, 0.15) is 0 Å². The molecule has 1 saturated carbocycles. The average Bonchev–Trinajstić information content (AvgIpc) is 2.69. The van der Waals surface area contributed by atoms with Crippen molar-refractivity contribution in [1.29, 1.82) is 0 Å². The summed E-state index contributed by atoms with van der Waals surface area (Å²) < 4.78 is 0. The fraction of sp³-hybridized carbons (Fsp3) is 0.846. The van der Waals surface area contributed by atoms with Crippen molar-refractivity contribution in [3.63, 3.8) is 0 Å². The molecule has 0 spiro atoms. The summed E-state index contributed by atoms with van der Waals surface area (Å²) in [5, 5.41) is 0. The SMILES string of the molecule is CCC(C)C1CC[C@H]2C1=CN(C)[C@H]2C. The van der Waals surface area contributed by atoms with Gasteiger partial charge in [-0.3, -0.25) is 0 Å². The fourth-order valence-corrected chi connectivity index (χ4v) is 3.21.